The van der Waals surface area contributed by atoms with Crippen molar-refractivity contribution in [3.8, 4) is 0 Å². The van der Waals surface area contributed by atoms with E-state index in [4.69, 9.17) is 11.5 Å². The van der Waals surface area contributed by atoms with Gasteiger partial charge in [0.25, 0.3) is 0 Å². The summed E-state index contributed by atoms with van der Waals surface area (Å²) in [6.07, 6.45) is 0.794. The summed E-state index contributed by atoms with van der Waals surface area (Å²) >= 11 is 0. The van der Waals surface area contributed by atoms with Crippen molar-refractivity contribution in [3.05, 3.63) is 23.8 Å². The number of hydrogen-bond acceptors (Lipinski definition) is 3. The van der Waals surface area contributed by atoms with E-state index in [0.29, 0.717) is 6.04 Å². The summed E-state index contributed by atoms with van der Waals surface area (Å²) < 4.78 is 0.828. The second-order valence-electron chi connectivity index (χ2n) is 6.62. The number of amides is 1. The normalized spacial score (nSPS) is 22.0. The third kappa shape index (κ3) is 3.60. The van der Waals surface area contributed by atoms with Crippen molar-refractivity contribution >= 4 is 17.3 Å². The quantitative estimate of drug-likeness (QED) is 0.488. The largest absolute Gasteiger partial charge is 1.00 e. The van der Waals surface area contributed by atoms with E-state index in [1.165, 1.54) is 0 Å². The first kappa shape index (κ1) is 17.6. The molecule has 1 aliphatic heterocycles. The van der Waals surface area contributed by atoms with Gasteiger partial charge in [-0.25, -0.2) is 0 Å². The molecular formula is C15H25ClN4O. The van der Waals surface area contributed by atoms with Gasteiger partial charge in [0.05, 0.1) is 27.7 Å². The Kier molecular flexibility index (Phi) is 5.12. The summed E-state index contributed by atoms with van der Waals surface area (Å²) in [7, 11) is 6.46. The molecule has 6 heteroatoms. The fourth-order valence-electron chi connectivity index (χ4n) is 2.77. The minimum atomic E-state index is -0.254. The maximum atomic E-state index is 11.8. The topological polar surface area (TPSA) is 72.3 Å². The van der Waals surface area contributed by atoms with Crippen molar-refractivity contribution in [2.75, 3.05) is 38.3 Å². The highest BCUT2D eigenvalue weighted by atomic mass is 35.5. The summed E-state index contributed by atoms with van der Waals surface area (Å²) in [5.74, 6) is -0.254. The van der Waals surface area contributed by atoms with Gasteiger partial charge in [-0.15, -0.1) is 0 Å². The minimum Gasteiger partial charge on any atom is -1.00 e. The molecular weight excluding hydrogens is 288 g/mol. The average Bonchev–Trinajstić information content (AvgIpc) is 2.77. The highest BCUT2D eigenvalue weighted by molar-refractivity contribution is 5.84. The number of primary amides is 1. The van der Waals surface area contributed by atoms with Crippen LogP contribution in [0.25, 0.3) is 0 Å². The third-order valence-electron chi connectivity index (χ3n) is 4.29. The number of benzene rings is 1. The molecule has 5 nitrogen and oxygen atoms in total. The zero-order valence-corrected chi connectivity index (χ0v) is 13.9. The second-order valence-corrected chi connectivity index (χ2v) is 6.62. The molecule has 1 aromatic rings. The van der Waals surface area contributed by atoms with Crippen LogP contribution in [0.3, 0.4) is 0 Å². The second kappa shape index (κ2) is 6.12. The molecule has 1 aliphatic rings. The SMILES string of the molecule is Cc1cc(N2CC([N+](C)(C)C)CC2C(N)=O)ccc1N.[Cl-]. The van der Waals surface area contributed by atoms with Crippen LogP contribution in [0.4, 0.5) is 11.4 Å². The van der Waals surface area contributed by atoms with Crippen molar-refractivity contribution in [2.24, 2.45) is 5.73 Å². The highest BCUT2D eigenvalue weighted by Crippen LogP contribution is 2.31. The van der Waals surface area contributed by atoms with Crippen LogP contribution < -0.4 is 28.8 Å². The predicted octanol–water partition coefficient (Wildman–Crippen LogP) is -2.28. The molecule has 1 fully saturated rings. The molecule has 2 rings (SSSR count). The molecule has 1 aromatic carbocycles. The van der Waals surface area contributed by atoms with Gasteiger partial charge in [0.1, 0.15) is 12.1 Å². The number of nitrogens with two attached hydrogens (primary N) is 2. The average molecular weight is 313 g/mol. The molecule has 1 amide bonds. The molecule has 118 valence electrons. The maximum absolute atomic E-state index is 11.8. The third-order valence-corrected chi connectivity index (χ3v) is 4.29. The number of aryl methyl sites for hydroxylation is 1. The summed E-state index contributed by atoms with van der Waals surface area (Å²) in [5.41, 5.74) is 14.3. The smallest absolute Gasteiger partial charge is 0.240 e. The zero-order valence-electron chi connectivity index (χ0n) is 13.1. The van der Waals surface area contributed by atoms with E-state index < -0.39 is 0 Å². The van der Waals surface area contributed by atoms with Gasteiger partial charge in [-0.2, -0.15) is 0 Å². The van der Waals surface area contributed by atoms with Gasteiger partial charge < -0.3 is 33.3 Å². The molecule has 4 N–H and O–H groups in total. The molecule has 21 heavy (non-hydrogen) atoms. The molecule has 0 bridgehead atoms. The van der Waals surface area contributed by atoms with Crippen molar-refractivity contribution in [1.82, 2.24) is 0 Å². The van der Waals surface area contributed by atoms with Crippen LogP contribution in [0.2, 0.25) is 0 Å². The van der Waals surface area contributed by atoms with Gasteiger partial charge in [0.15, 0.2) is 0 Å². The van der Waals surface area contributed by atoms with Crippen LogP contribution in [-0.4, -0.2) is 50.2 Å². The van der Waals surface area contributed by atoms with Gasteiger partial charge in [0, 0.05) is 17.8 Å². The Morgan fingerprint density at radius 1 is 1.33 bits per heavy atom. The van der Waals surface area contributed by atoms with E-state index in [9.17, 15) is 4.79 Å². The standard InChI is InChI=1S/C15H24N4O.ClH/c1-10-7-11(5-6-13(10)16)18-9-12(19(2,3)4)8-14(18)15(17)20;/h5-7,12,14H,8-9,16H2,1-4H3,(H-,17,20);1H. The summed E-state index contributed by atoms with van der Waals surface area (Å²) in [5, 5.41) is 0. The van der Waals surface area contributed by atoms with Crippen LogP contribution in [0.15, 0.2) is 18.2 Å². The van der Waals surface area contributed by atoms with Crippen LogP contribution >= 0.6 is 0 Å². The Bertz CT molecular complexity index is 527. The van der Waals surface area contributed by atoms with E-state index in [1.807, 2.05) is 25.1 Å². The lowest BCUT2D eigenvalue weighted by atomic mass is 10.1. The fourth-order valence-corrected chi connectivity index (χ4v) is 2.77. The molecule has 2 unspecified atom stereocenters. The molecule has 0 radical (unpaired) electrons. The van der Waals surface area contributed by atoms with Gasteiger partial charge >= 0.3 is 0 Å². The predicted molar refractivity (Wildman–Crippen MR) is 82.4 cm³/mol. The first-order valence-electron chi connectivity index (χ1n) is 6.93. The summed E-state index contributed by atoms with van der Waals surface area (Å²) in [6, 6.07) is 6.05. The summed E-state index contributed by atoms with van der Waals surface area (Å²) in [6.45, 7) is 2.81. The number of rotatable bonds is 3. The maximum Gasteiger partial charge on any atom is 0.240 e. The number of nitrogen functional groups attached to an aromatic ring is 1. The molecule has 1 heterocycles. The fraction of sp³-hybridized carbons (Fsp3) is 0.533. The van der Waals surface area contributed by atoms with Gasteiger partial charge in [-0.1, -0.05) is 0 Å². The monoisotopic (exact) mass is 312 g/mol. The zero-order chi connectivity index (χ0) is 15.1. The molecule has 0 aliphatic carbocycles. The molecule has 0 aromatic heterocycles. The molecule has 0 saturated carbocycles. The van der Waals surface area contributed by atoms with Crippen molar-refractivity contribution in [3.63, 3.8) is 0 Å². The Balaban J connectivity index is 0.00000220. The van der Waals surface area contributed by atoms with Gasteiger partial charge in [-0.3, -0.25) is 4.79 Å². The van der Waals surface area contributed by atoms with E-state index in [2.05, 4.69) is 26.0 Å². The van der Waals surface area contributed by atoms with E-state index in [-0.39, 0.29) is 24.4 Å². The van der Waals surface area contributed by atoms with E-state index in [1.54, 1.807) is 0 Å². The molecule has 2 atom stereocenters. The number of likely N-dealkylation sites (N-methyl/N-ethyl adjacent to an activating group) is 1. The number of hydrogen-bond donors (Lipinski definition) is 2. The number of carbonyl (C=O) groups is 1. The van der Waals surface area contributed by atoms with Gasteiger partial charge in [-0.05, 0) is 30.7 Å². The Morgan fingerprint density at radius 2 is 1.95 bits per heavy atom. The molecule has 1 saturated heterocycles. The number of nitrogens with zero attached hydrogens (tertiary/aromatic N) is 2. The molecule has 0 spiro atoms. The van der Waals surface area contributed by atoms with Crippen molar-refractivity contribution in [1.29, 1.82) is 0 Å². The Morgan fingerprint density at radius 3 is 2.43 bits per heavy atom. The van der Waals surface area contributed by atoms with E-state index >= 15 is 0 Å². The first-order chi connectivity index (χ1) is 9.20. The first-order valence-corrected chi connectivity index (χ1v) is 6.93. The lowest BCUT2D eigenvalue weighted by molar-refractivity contribution is -0.893. The van der Waals surface area contributed by atoms with Gasteiger partial charge in [0.2, 0.25) is 5.91 Å². The number of halogens is 1. The summed E-state index contributed by atoms with van der Waals surface area (Å²) in [4.78, 5) is 13.9. The number of anilines is 2. The van der Waals surface area contributed by atoms with Crippen LogP contribution in [0.5, 0.6) is 0 Å². The number of quaternary nitrogens is 1. The minimum absolute atomic E-state index is 0. The van der Waals surface area contributed by atoms with Crippen LogP contribution in [0, 0.1) is 6.92 Å². The van der Waals surface area contributed by atoms with E-state index in [0.717, 1.165) is 34.4 Å². The van der Waals surface area contributed by atoms with Crippen LogP contribution in [-0.2, 0) is 4.79 Å². The number of carbonyl (C=O) groups excluding carboxylic acids is 1. The lowest BCUT2D eigenvalue weighted by Crippen LogP contribution is -3.00. The Labute approximate surface area is 132 Å². The Hall–Kier alpha value is -1.46. The van der Waals surface area contributed by atoms with Crippen molar-refractivity contribution < 1.29 is 21.7 Å². The lowest BCUT2D eigenvalue weighted by Gasteiger charge is -2.31. The highest BCUT2D eigenvalue weighted by Gasteiger charge is 2.41. The van der Waals surface area contributed by atoms with Crippen LogP contribution in [0.1, 0.15) is 12.0 Å². The van der Waals surface area contributed by atoms with Crippen molar-refractivity contribution in [2.45, 2.75) is 25.4 Å².